The van der Waals surface area contributed by atoms with Gasteiger partial charge in [0.25, 0.3) is 5.97 Å². The predicted octanol–water partition coefficient (Wildman–Crippen LogP) is 5.78. The third-order valence-corrected chi connectivity index (χ3v) is 4.39. The normalized spacial score (nSPS) is 13.0. The SMILES string of the molecule is CCOC(OCC)(OCC)C(C)c1ccc(-c2cc(F)c(F)c(F)c2F)cc1. The van der Waals surface area contributed by atoms with Gasteiger partial charge < -0.3 is 14.2 Å². The number of hydrogen-bond acceptors (Lipinski definition) is 3. The number of ether oxygens (including phenoxy) is 3. The van der Waals surface area contributed by atoms with Gasteiger partial charge in [-0.05, 0) is 38.0 Å². The summed E-state index contributed by atoms with van der Waals surface area (Å²) in [5.41, 5.74) is 0.602. The first-order valence-electron chi connectivity index (χ1n) is 9.16. The van der Waals surface area contributed by atoms with Crippen LogP contribution in [-0.4, -0.2) is 25.8 Å². The molecule has 0 saturated carbocycles. The molecule has 0 amide bonds. The highest BCUT2D eigenvalue weighted by molar-refractivity contribution is 5.65. The van der Waals surface area contributed by atoms with Gasteiger partial charge in [-0.2, -0.15) is 0 Å². The van der Waals surface area contributed by atoms with Crippen LogP contribution in [0.3, 0.4) is 0 Å². The third-order valence-electron chi connectivity index (χ3n) is 4.39. The fraction of sp³-hybridized carbons (Fsp3) is 0.429. The summed E-state index contributed by atoms with van der Waals surface area (Å²) >= 11 is 0. The summed E-state index contributed by atoms with van der Waals surface area (Å²) < 4.78 is 71.5. The van der Waals surface area contributed by atoms with Crippen LogP contribution in [0.25, 0.3) is 11.1 Å². The Morgan fingerprint density at radius 3 is 1.75 bits per heavy atom. The van der Waals surface area contributed by atoms with Gasteiger partial charge in [-0.3, -0.25) is 0 Å². The van der Waals surface area contributed by atoms with Crippen molar-refractivity contribution >= 4 is 0 Å². The average molecular weight is 400 g/mol. The predicted molar refractivity (Wildman–Crippen MR) is 97.7 cm³/mol. The summed E-state index contributed by atoms with van der Waals surface area (Å²) in [4.78, 5) is 0. The number of rotatable bonds is 9. The Kier molecular flexibility index (Phi) is 7.57. The van der Waals surface area contributed by atoms with Crippen molar-refractivity contribution in [2.75, 3.05) is 19.8 Å². The van der Waals surface area contributed by atoms with Gasteiger partial charge in [-0.25, -0.2) is 17.6 Å². The van der Waals surface area contributed by atoms with Crippen molar-refractivity contribution < 1.29 is 31.8 Å². The van der Waals surface area contributed by atoms with Crippen LogP contribution in [-0.2, 0) is 14.2 Å². The van der Waals surface area contributed by atoms with E-state index < -0.39 is 29.2 Å². The Morgan fingerprint density at radius 1 is 0.786 bits per heavy atom. The minimum absolute atomic E-state index is 0.209. The smallest absolute Gasteiger partial charge is 0.289 e. The molecule has 7 heteroatoms. The van der Waals surface area contributed by atoms with Crippen molar-refractivity contribution in [1.82, 2.24) is 0 Å². The molecule has 2 aromatic carbocycles. The lowest BCUT2D eigenvalue weighted by molar-refractivity contribution is -0.386. The molecule has 1 unspecified atom stereocenters. The van der Waals surface area contributed by atoms with E-state index in [0.29, 0.717) is 25.9 Å². The van der Waals surface area contributed by atoms with Gasteiger partial charge in [0, 0.05) is 25.4 Å². The maximum absolute atomic E-state index is 14.0. The highest BCUT2D eigenvalue weighted by atomic mass is 19.2. The van der Waals surface area contributed by atoms with E-state index in [9.17, 15) is 17.6 Å². The molecule has 0 radical (unpaired) electrons. The number of benzene rings is 2. The van der Waals surface area contributed by atoms with Crippen molar-refractivity contribution in [2.45, 2.75) is 39.6 Å². The Hall–Kier alpha value is -1.96. The standard InChI is InChI=1S/C21H24F4O3/c1-5-26-21(27-6-2,28-7-3)13(4)14-8-10-15(11-9-14)16-12-17(22)19(24)20(25)18(16)23/h8-13H,5-7H2,1-4H3. The second-order valence-corrected chi connectivity index (χ2v) is 6.09. The Labute approximate surface area is 162 Å². The number of hydrogen-bond donors (Lipinski definition) is 0. The summed E-state index contributed by atoms with van der Waals surface area (Å²) in [6, 6.07) is 6.94. The fourth-order valence-corrected chi connectivity index (χ4v) is 3.04. The minimum Gasteiger partial charge on any atom is -0.327 e. The summed E-state index contributed by atoms with van der Waals surface area (Å²) in [6.45, 7) is 8.41. The van der Waals surface area contributed by atoms with Crippen molar-refractivity contribution in [3.05, 3.63) is 59.2 Å². The molecule has 0 N–H and O–H groups in total. The molecule has 154 valence electrons. The van der Waals surface area contributed by atoms with Crippen LogP contribution >= 0.6 is 0 Å². The molecule has 3 nitrogen and oxygen atoms in total. The molecule has 2 aromatic rings. The molecule has 0 saturated heterocycles. The van der Waals surface area contributed by atoms with Gasteiger partial charge >= 0.3 is 0 Å². The Morgan fingerprint density at radius 2 is 1.29 bits per heavy atom. The largest absolute Gasteiger partial charge is 0.327 e. The summed E-state index contributed by atoms with van der Waals surface area (Å²) in [7, 11) is 0. The molecule has 0 fully saturated rings. The zero-order valence-corrected chi connectivity index (χ0v) is 16.3. The molecule has 0 aliphatic carbocycles. The zero-order chi connectivity index (χ0) is 20.9. The van der Waals surface area contributed by atoms with Crippen molar-refractivity contribution in [2.24, 2.45) is 0 Å². The highest BCUT2D eigenvalue weighted by Crippen LogP contribution is 2.35. The van der Waals surface area contributed by atoms with Gasteiger partial charge in [-0.1, -0.05) is 31.2 Å². The first-order chi connectivity index (χ1) is 13.3. The van der Waals surface area contributed by atoms with E-state index in [1.54, 1.807) is 12.1 Å². The summed E-state index contributed by atoms with van der Waals surface area (Å²) in [6.07, 6.45) is 0. The highest BCUT2D eigenvalue weighted by Gasteiger charge is 2.40. The van der Waals surface area contributed by atoms with Crippen LogP contribution in [0.1, 0.15) is 39.2 Å². The monoisotopic (exact) mass is 400 g/mol. The molecule has 0 aromatic heterocycles. The number of halogens is 4. The maximum Gasteiger partial charge on any atom is 0.289 e. The van der Waals surface area contributed by atoms with Crippen molar-refractivity contribution in [3.8, 4) is 11.1 Å². The molecule has 28 heavy (non-hydrogen) atoms. The summed E-state index contributed by atoms with van der Waals surface area (Å²) in [5, 5.41) is 0. The first-order valence-corrected chi connectivity index (χ1v) is 9.16. The quantitative estimate of drug-likeness (QED) is 0.231. The van der Waals surface area contributed by atoms with Crippen LogP contribution in [0, 0.1) is 23.3 Å². The van der Waals surface area contributed by atoms with Crippen LogP contribution in [0.2, 0.25) is 0 Å². The van der Waals surface area contributed by atoms with Gasteiger partial charge in [0.1, 0.15) is 0 Å². The Bertz CT molecular complexity index is 776. The molecule has 0 aliphatic heterocycles. The lowest BCUT2D eigenvalue weighted by Gasteiger charge is -2.37. The average Bonchev–Trinajstić information content (AvgIpc) is 2.69. The van der Waals surface area contributed by atoms with E-state index in [4.69, 9.17) is 14.2 Å². The van der Waals surface area contributed by atoms with E-state index in [1.807, 2.05) is 27.7 Å². The van der Waals surface area contributed by atoms with E-state index in [0.717, 1.165) is 5.56 Å². The second kappa shape index (κ2) is 9.49. The first kappa shape index (κ1) is 22.3. The molecule has 2 rings (SSSR count). The van der Waals surface area contributed by atoms with E-state index in [1.165, 1.54) is 12.1 Å². The van der Waals surface area contributed by atoms with Gasteiger partial charge in [-0.15, -0.1) is 0 Å². The minimum atomic E-state index is -1.84. The molecule has 0 aliphatic rings. The molecular weight excluding hydrogens is 376 g/mol. The van der Waals surface area contributed by atoms with E-state index in [2.05, 4.69) is 0 Å². The second-order valence-electron chi connectivity index (χ2n) is 6.09. The molecule has 0 heterocycles. The van der Waals surface area contributed by atoms with Gasteiger partial charge in [0.15, 0.2) is 23.3 Å². The lowest BCUT2D eigenvalue weighted by atomic mass is 9.95. The molecule has 1 atom stereocenters. The Balaban J connectivity index is 2.40. The lowest BCUT2D eigenvalue weighted by Crippen LogP contribution is -2.44. The molecule has 0 bridgehead atoms. The van der Waals surface area contributed by atoms with Gasteiger partial charge in [0.2, 0.25) is 0 Å². The third kappa shape index (κ3) is 4.37. The van der Waals surface area contributed by atoms with E-state index in [-0.39, 0.29) is 17.0 Å². The molecule has 0 spiro atoms. The fourth-order valence-electron chi connectivity index (χ4n) is 3.04. The maximum atomic E-state index is 14.0. The topological polar surface area (TPSA) is 27.7 Å². The zero-order valence-electron chi connectivity index (χ0n) is 16.3. The van der Waals surface area contributed by atoms with Gasteiger partial charge in [0.05, 0.1) is 5.92 Å². The van der Waals surface area contributed by atoms with Crippen LogP contribution in [0.5, 0.6) is 0 Å². The summed E-state index contributed by atoms with van der Waals surface area (Å²) in [5.74, 6) is -8.20. The van der Waals surface area contributed by atoms with Crippen LogP contribution in [0.15, 0.2) is 30.3 Å². The van der Waals surface area contributed by atoms with Crippen LogP contribution in [0.4, 0.5) is 17.6 Å². The van der Waals surface area contributed by atoms with Crippen molar-refractivity contribution in [1.29, 1.82) is 0 Å². The van der Waals surface area contributed by atoms with E-state index >= 15 is 0 Å². The van der Waals surface area contributed by atoms with Crippen molar-refractivity contribution in [3.63, 3.8) is 0 Å². The molecular formula is C21H24F4O3. The van der Waals surface area contributed by atoms with Crippen LogP contribution < -0.4 is 0 Å².